The lowest BCUT2D eigenvalue weighted by Crippen LogP contribution is -2.36. The maximum Gasteiger partial charge on any atom is 0.253 e. The number of nitrogens with zero attached hydrogens (tertiary/aromatic N) is 1. The number of carbonyl (C=O) groups excluding carboxylic acids is 1. The molecule has 0 spiro atoms. The van der Waals surface area contributed by atoms with Crippen molar-refractivity contribution in [2.24, 2.45) is 0 Å². The molecule has 3 nitrogen and oxygen atoms in total. The maximum atomic E-state index is 12.2. The standard InChI is InChI=1S/C12H17BrN2OS/c1-8(7-17-3)15(2)12(16)9-4-10(13)6-11(14)5-9/h4-6,8H,7,14H2,1-3H3. The van der Waals surface area contributed by atoms with E-state index in [1.807, 2.05) is 20.2 Å². The summed E-state index contributed by atoms with van der Waals surface area (Å²) in [6.07, 6.45) is 2.03. The van der Waals surface area contributed by atoms with Gasteiger partial charge in [0.2, 0.25) is 0 Å². The van der Waals surface area contributed by atoms with Crippen LogP contribution in [0.5, 0.6) is 0 Å². The Kier molecular flexibility index (Phi) is 5.33. The summed E-state index contributed by atoms with van der Waals surface area (Å²) < 4.78 is 0.826. The van der Waals surface area contributed by atoms with Crippen LogP contribution in [0.4, 0.5) is 5.69 Å². The predicted molar refractivity (Wildman–Crippen MR) is 78.5 cm³/mol. The molecule has 0 saturated carbocycles. The van der Waals surface area contributed by atoms with Gasteiger partial charge in [-0.2, -0.15) is 11.8 Å². The number of hydrogen-bond donors (Lipinski definition) is 1. The molecule has 0 saturated heterocycles. The molecular weight excluding hydrogens is 300 g/mol. The molecule has 1 aromatic rings. The highest BCUT2D eigenvalue weighted by Crippen LogP contribution is 2.19. The number of halogens is 1. The quantitative estimate of drug-likeness (QED) is 0.869. The summed E-state index contributed by atoms with van der Waals surface area (Å²) in [5.74, 6) is 0.922. The number of nitrogen functional groups attached to an aromatic ring is 1. The number of nitrogens with two attached hydrogens (primary N) is 1. The van der Waals surface area contributed by atoms with E-state index in [-0.39, 0.29) is 11.9 Å². The molecule has 1 unspecified atom stereocenters. The largest absolute Gasteiger partial charge is 0.399 e. The van der Waals surface area contributed by atoms with E-state index >= 15 is 0 Å². The fraction of sp³-hybridized carbons (Fsp3) is 0.417. The lowest BCUT2D eigenvalue weighted by atomic mass is 10.1. The third-order valence-corrected chi connectivity index (χ3v) is 3.83. The van der Waals surface area contributed by atoms with Crippen molar-refractivity contribution in [3.8, 4) is 0 Å². The SMILES string of the molecule is CSCC(C)N(C)C(=O)c1cc(N)cc(Br)c1. The molecule has 1 amide bonds. The Morgan fingerprint density at radius 2 is 2.18 bits per heavy atom. The molecule has 1 aromatic carbocycles. The third kappa shape index (κ3) is 3.92. The molecule has 0 heterocycles. The molecule has 17 heavy (non-hydrogen) atoms. The second-order valence-corrected chi connectivity index (χ2v) is 5.82. The highest BCUT2D eigenvalue weighted by Gasteiger charge is 2.17. The van der Waals surface area contributed by atoms with Gasteiger partial charge in [0.1, 0.15) is 0 Å². The molecule has 0 aromatic heterocycles. The van der Waals surface area contributed by atoms with Gasteiger partial charge in [-0.3, -0.25) is 4.79 Å². The van der Waals surface area contributed by atoms with E-state index in [1.54, 1.807) is 34.9 Å². The van der Waals surface area contributed by atoms with Crippen molar-refractivity contribution in [3.05, 3.63) is 28.2 Å². The summed E-state index contributed by atoms with van der Waals surface area (Å²) >= 11 is 5.07. The van der Waals surface area contributed by atoms with Crippen molar-refractivity contribution in [1.82, 2.24) is 4.90 Å². The van der Waals surface area contributed by atoms with Crippen molar-refractivity contribution in [3.63, 3.8) is 0 Å². The molecule has 0 radical (unpaired) electrons. The van der Waals surface area contributed by atoms with E-state index in [0.29, 0.717) is 11.3 Å². The van der Waals surface area contributed by atoms with Gasteiger partial charge in [-0.15, -0.1) is 0 Å². The van der Waals surface area contributed by atoms with Crippen molar-refractivity contribution in [1.29, 1.82) is 0 Å². The van der Waals surface area contributed by atoms with Gasteiger partial charge in [0.15, 0.2) is 0 Å². The van der Waals surface area contributed by atoms with Crippen LogP contribution in [-0.2, 0) is 0 Å². The number of benzene rings is 1. The molecule has 0 aliphatic heterocycles. The van der Waals surface area contributed by atoms with Crippen molar-refractivity contribution in [2.75, 3.05) is 24.8 Å². The molecule has 0 fully saturated rings. The second kappa shape index (κ2) is 6.31. The van der Waals surface area contributed by atoms with Crippen LogP contribution in [0.15, 0.2) is 22.7 Å². The molecule has 1 atom stereocenters. The minimum absolute atomic E-state index is 0.000417. The normalized spacial score (nSPS) is 12.2. The molecule has 94 valence electrons. The predicted octanol–water partition coefficient (Wildman–Crippen LogP) is 2.85. The van der Waals surface area contributed by atoms with Crippen LogP contribution in [0.3, 0.4) is 0 Å². The topological polar surface area (TPSA) is 46.3 Å². The van der Waals surface area contributed by atoms with Crippen LogP contribution < -0.4 is 5.73 Å². The van der Waals surface area contributed by atoms with Crippen molar-refractivity contribution < 1.29 is 4.79 Å². The summed E-state index contributed by atoms with van der Waals surface area (Å²) in [4.78, 5) is 14.0. The monoisotopic (exact) mass is 316 g/mol. The first kappa shape index (κ1) is 14.4. The number of rotatable bonds is 4. The number of thioether (sulfide) groups is 1. The van der Waals surface area contributed by atoms with Gasteiger partial charge < -0.3 is 10.6 Å². The summed E-state index contributed by atoms with van der Waals surface area (Å²) in [6, 6.07) is 5.48. The minimum atomic E-state index is -0.000417. The fourth-order valence-corrected chi connectivity index (χ4v) is 2.71. The van der Waals surface area contributed by atoms with Gasteiger partial charge in [-0.05, 0) is 31.4 Å². The lowest BCUT2D eigenvalue weighted by molar-refractivity contribution is 0.0757. The van der Waals surface area contributed by atoms with Gasteiger partial charge >= 0.3 is 0 Å². The Morgan fingerprint density at radius 1 is 1.53 bits per heavy atom. The molecule has 5 heteroatoms. The van der Waals surface area contributed by atoms with Crippen LogP contribution >= 0.6 is 27.7 Å². The zero-order valence-corrected chi connectivity index (χ0v) is 12.6. The van der Waals surface area contributed by atoms with E-state index in [2.05, 4.69) is 15.9 Å². The molecule has 0 aliphatic rings. The van der Waals surface area contributed by atoms with Crippen LogP contribution in [0.2, 0.25) is 0 Å². The number of carbonyl (C=O) groups is 1. The molecular formula is C12H17BrN2OS. The number of anilines is 1. The van der Waals surface area contributed by atoms with Gasteiger partial charge in [-0.25, -0.2) is 0 Å². The van der Waals surface area contributed by atoms with E-state index in [1.165, 1.54) is 0 Å². The van der Waals surface area contributed by atoms with Gasteiger partial charge in [0.05, 0.1) is 0 Å². The van der Waals surface area contributed by atoms with Gasteiger partial charge in [0, 0.05) is 34.6 Å². The highest BCUT2D eigenvalue weighted by molar-refractivity contribution is 9.10. The Bertz CT molecular complexity index is 391. The van der Waals surface area contributed by atoms with Crippen molar-refractivity contribution >= 4 is 39.3 Å². The summed E-state index contributed by atoms with van der Waals surface area (Å²) in [6.45, 7) is 2.04. The Morgan fingerprint density at radius 3 is 2.71 bits per heavy atom. The van der Waals surface area contributed by atoms with Gasteiger partial charge in [-0.1, -0.05) is 15.9 Å². The van der Waals surface area contributed by atoms with Crippen LogP contribution in [0.25, 0.3) is 0 Å². The van der Waals surface area contributed by atoms with Crippen LogP contribution in [-0.4, -0.2) is 35.9 Å². The average Bonchev–Trinajstić information content (AvgIpc) is 2.26. The van der Waals surface area contributed by atoms with E-state index in [4.69, 9.17) is 5.73 Å². The Labute approximate surface area is 115 Å². The van der Waals surface area contributed by atoms with Crippen LogP contribution in [0, 0.1) is 0 Å². The maximum absolute atomic E-state index is 12.2. The molecule has 1 rings (SSSR count). The smallest absolute Gasteiger partial charge is 0.253 e. The zero-order valence-electron chi connectivity index (χ0n) is 10.2. The average molecular weight is 317 g/mol. The van der Waals surface area contributed by atoms with E-state index < -0.39 is 0 Å². The minimum Gasteiger partial charge on any atom is -0.399 e. The van der Waals surface area contributed by atoms with E-state index in [9.17, 15) is 4.79 Å². The molecule has 0 bridgehead atoms. The Balaban J connectivity index is 2.88. The van der Waals surface area contributed by atoms with Gasteiger partial charge in [0.25, 0.3) is 5.91 Å². The summed E-state index contributed by atoms with van der Waals surface area (Å²) in [7, 11) is 1.82. The highest BCUT2D eigenvalue weighted by atomic mass is 79.9. The lowest BCUT2D eigenvalue weighted by Gasteiger charge is -2.24. The number of amides is 1. The third-order valence-electron chi connectivity index (χ3n) is 2.56. The summed E-state index contributed by atoms with van der Waals surface area (Å²) in [5, 5.41) is 0. The number of hydrogen-bond acceptors (Lipinski definition) is 3. The molecule has 2 N–H and O–H groups in total. The van der Waals surface area contributed by atoms with Crippen molar-refractivity contribution in [2.45, 2.75) is 13.0 Å². The Hall–Kier alpha value is -0.680. The van der Waals surface area contributed by atoms with E-state index in [0.717, 1.165) is 10.2 Å². The first-order valence-corrected chi connectivity index (χ1v) is 7.46. The fourth-order valence-electron chi connectivity index (χ4n) is 1.49. The molecule has 0 aliphatic carbocycles. The first-order valence-electron chi connectivity index (χ1n) is 5.28. The second-order valence-electron chi connectivity index (χ2n) is 3.99. The van der Waals surface area contributed by atoms with Crippen LogP contribution in [0.1, 0.15) is 17.3 Å². The summed E-state index contributed by atoms with van der Waals surface area (Å²) in [5.41, 5.74) is 6.94. The zero-order chi connectivity index (χ0) is 13.0. The first-order chi connectivity index (χ1) is 7.95.